The standard InChI is InChI=1S/C12H17BrN2O2/c1-8(7-14-2)12(16)15-9-4-5-10(13)11(6-9)17-3/h4-6,8,14H,7H2,1-3H3,(H,15,16). The SMILES string of the molecule is CNCC(C)C(=O)Nc1ccc(Br)c(OC)c1. The van der Waals surface area contributed by atoms with Gasteiger partial charge in [-0.05, 0) is 35.1 Å². The van der Waals surface area contributed by atoms with E-state index in [1.165, 1.54) is 0 Å². The first-order chi connectivity index (χ1) is 8.08. The van der Waals surface area contributed by atoms with Crippen molar-refractivity contribution >= 4 is 27.5 Å². The number of methoxy groups -OCH3 is 1. The summed E-state index contributed by atoms with van der Waals surface area (Å²) >= 11 is 3.36. The Kier molecular flexibility index (Phi) is 5.44. The minimum atomic E-state index is -0.0744. The van der Waals surface area contributed by atoms with E-state index in [4.69, 9.17) is 4.74 Å². The molecule has 0 heterocycles. The summed E-state index contributed by atoms with van der Waals surface area (Å²) < 4.78 is 6.03. The number of amides is 1. The predicted octanol–water partition coefficient (Wildman–Crippen LogP) is 2.25. The summed E-state index contributed by atoms with van der Waals surface area (Å²) in [5, 5.41) is 5.82. The van der Waals surface area contributed by atoms with Gasteiger partial charge in [0.1, 0.15) is 5.75 Å². The average molecular weight is 301 g/mol. The number of anilines is 1. The highest BCUT2D eigenvalue weighted by Gasteiger charge is 2.12. The van der Waals surface area contributed by atoms with E-state index in [9.17, 15) is 4.79 Å². The molecule has 0 spiro atoms. The summed E-state index contributed by atoms with van der Waals surface area (Å²) in [5.74, 6) is 0.613. The molecule has 0 aliphatic rings. The lowest BCUT2D eigenvalue weighted by molar-refractivity contribution is -0.119. The lowest BCUT2D eigenvalue weighted by Gasteiger charge is -2.12. The zero-order valence-electron chi connectivity index (χ0n) is 10.2. The first-order valence-corrected chi connectivity index (χ1v) is 6.16. The second-order valence-electron chi connectivity index (χ2n) is 3.80. The quantitative estimate of drug-likeness (QED) is 0.877. The molecule has 0 aromatic heterocycles. The zero-order chi connectivity index (χ0) is 12.8. The summed E-state index contributed by atoms with van der Waals surface area (Å²) in [5.41, 5.74) is 0.734. The van der Waals surface area contributed by atoms with Crippen molar-refractivity contribution in [1.29, 1.82) is 0 Å². The third-order valence-corrected chi connectivity index (χ3v) is 3.03. The van der Waals surface area contributed by atoms with Gasteiger partial charge in [-0.15, -0.1) is 0 Å². The summed E-state index contributed by atoms with van der Waals surface area (Å²) in [6.07, 6.45) is 0. The van der Waals surface area contributed by atoms with Gasteiger partial charge in [0.25, 0.3) is 0 Å². The van der Waals surface area contributed by atoms with E-state index in [0.29, 0.717) is 12.3 Å². The Bertz CT molecular complexity index is 396. The van der Waals surface area contributed by atoms with Crippen LogP contribution in [-0.4, -0.2) is 26.6 Å². The largest absolute Gasteiger partial charge is 0.495 e. The molecule has 4 nitrogen and oxygen atoms in total. The van der Waals surface area contributed by atoms with Crippen LogP contribution >= 0.6 is 15.9 Å². The van der Waals surface area contributed by atoms with Crippen molar-refractivity contribution in [2.45, 2.75) is 6.92 Å². The second kappa shape index (κ2) is 6.61. The molecule has 94 valence electrons. The molecule has 1 unspecified atom stereocenters. The van der Waals surface area contributed by atoms with Gasteiger partial charge in [-0.3, -0.25) is 4.79 Å². The summed E-state index contributed by atoms with van der Waals surface area (Å²) in [6.45, 7) is 2.53. The van der Waals surface area contributed by atoms with Gasteiger partial charge in [0.15, 0.2) is 0 Å². The smallest absolute Gasteiger partial charge is 0.228 e. The molecule has 0 saturated carbocycles. The molecule has 0 saturated heterocycles. The summed E-state index contributed by atoms with van der Waals surface area (Å²) in [7, 11) is 3.42. The van der Waals surface area contributed by atoms with Crippen LogP contribution in [0.25, 0.3) is 0 Å². The Morgan fingerprint density at radius 2 is 2.24 bits per heavy atom. The maximum atomic E-state index is 11.8. The molecule has 1 amide bonds. The third-order valence-electron chi connectivity index (χ3n) is 2.38. The fraction of sp³-hybridized carbons (Fsp3) is 0.417. The molecular weight excluding hydrogens is 284 g/mol. The Labute approximate surface area is 110 Å². The van der Waals surface area contributed by atoms with E-state index in [-0.39, 0.29) is 11.8 Å². The third kappa shape index (κ3) is 4.02. The molecule has 0 aliphatic heterocycles. The molecule has 0 aliphatic carbocycles. The molecule has 5 heteroatoms. The Morgan fingerprint density at radius 3 is 2.82 bits per heavy atom. The van der Waals surface area contributed by atoms with Crippen LogP contribution < -0.4 is 15.4 Å². The average Bonchev–Trinajstić information content (AvgIpc) is 2.31. The van der Waals surface area contributed by atoms with Crippen LogP contribution in [0, 0.1) is 5.92 Å². The molecule has 1 rings (SSSR count). The van der Waals surface area contributed by atoms with Crippen LogP contribution in [0.1, 0.15) is 6.92 Å². The molecule has 0 radical (unpaired) electrons. The van der Waals surface area contributed by atoms with Gasteiger partial charge in [-0.25, -0.2) is 0 Å². The number of halogens is 1. The lowest BCUT2D eigenvalue weighted by Crippen LogP contribution is -2.28. The maximum absolute atomic E-state index is 11.8. The van der Waals surface area contributed by atoms with E-state index < -0.39 is 0 Å². The fourth-order valence-corrected chi connectivity index (χ4v) is 1.81. The molecule has 0 fully saturated rings. The fourth-order valence-electron chi connectivity index (χ4n) is 1.40. The Hall–Kier alpha value is -1.07. The second-order valence-corrected chi connectivity index (χ2v) is 4.65. The topological polar surface area (TPSA) is 50.4 Å². The lowest BCUT2D eigenvalue weighted by atomic mass is 10.1. The normalized spacial score (nSPS) is 12.0. The Morgan fingerprint density at radius 1 is 1.53 bits per heavy atom. The first kappa shape index (κ1) is 14.0. The van der Waals surface area contributed by atoms with Crippen molar-refractivity contribution in [2.24, 2.45) is 5.92 Å². The number of carbonyl (C=O) groups is 1. The molecule has 0 bridgehead atoms. The van der Waals surface area contributed by atoms with Crippen LogP contribution in [0.4, 0.5) is 5.69 Å². The van der Waals surface area contributed by atoms with Gasteiger partial charge >= 0.3 is 0 Å². The molecule has 1 aromatic carbocycles. The molecule has 2 N–H and O–H groups in total. The van der Waals surface area contributed by atoms with E-state index in [1.54, 1.807) is 13.2 Å². The zero-order valence-corrected chi connectivity index (χ0v) is 11.8. The number of nitrogens with one attached hydrogen (secondary N) is 2. The molecule has 17 heavy (non-hydrogen) atoms. The van der Waals surface area contributed by atoms with Crippen LogP contribution in [0.5, 0.6) is 5.75 Å². The Balaban J connectivity index is 2.71. The van der Waals surface area contributed by atoms with Crippen LogP contribution in [0.15, 0.2) is 22.7 Å². The van der Waals surface area contributed by atoms with Crippen molar-refractivity contribution in [3.63, 3.8) is 0 Å². The van der Waals surface area contributed by atoms with Gasteiger partial charge in [0, 0.05) is 24.2 Å². The molecule has 1 atom stereocenters. The van der Waals surface area contributed by atoms with Crippen molar-refractivity contribution in [1.82, 2.24) is 5.32 Å². The highest BCUT2D eigenvalue weighted by Crippen LogP contribution is 2.27. The van der Waals surface area contributed by atoms with Gasteiger partial charge < -0.3 is 15.4 Å². The number of benzene rings is 1. The number of carbonyl (C=O) groups excluding carboxylic acids is 1. The minimum Gasteiger partial charge on any atom is -0.495 e. The highest BCUT2D eigenvalue weighted by atomic mass is 79.9. The van der Waals surface area contributed by atoms with E-state index in [1.807, 2.05) is 26.1 Å². The van der Waals surface area contributed by atoms with Crippen molar-refractivity contribution in [2.75, 3.05) is 26.0 Å². The predicted molar refractivity (Wildman–Crippen MR) is 72.4 cm³/mol. The van der Waals surface area contributed by atoms with Gasteiger partial charge in [0.2, 0.25) is 5.91 Å². The summed E-state index contributed by atoms with van der Waals surface area (Å²) in [4.78, 5) is 11.8. The number of rotatable bonds is 5. The van der Waals surface area contributed by atoms with Crippen molar-refractivity contribution in [3.8, 4) is 5.75 Å². The maximum Gasteiger partial charge on any atom is 0.228 e. The van der Waals surface area contributed by atoms with Gasteiger partial charge in [0.05, 0.1) is 11.6 Å². The van der Waals surface area contributed by atoms with Crippen LogP contribution in [0.2, 0.25) is 0 Å². The van der Waals surface area contributed by atoms with Crippen LogP contribution in [-0.2, 0) is 4.79 Å². The number of hydrogen-bond acceptors (Lipinski definition) is 3. The van der Waals surface area contributed by atoms with Gasteiger partial charge in [-0.1, -0.05) is 6.92 Å². The minimum absolute atomic E-state index is 0.0104. The first-order valence-electron chi connectivity index (χ1n) is 5.37. The number of ether oxygens (including phenoxy) is 1. The molecule has 1 aromatic rings. The van der Waals surface area contributed by atoms with E-state index in [0.717, 1.165) is 10.2 Å². The van der Waals surface area contributed by atoms with Crippen molar-refractivity contribution in [3.05, 3.63) is 22.7 Å². The monoisotopic (exact) mass is 300 g/mol. The summed E-state index contributed by atoms with van der Waals surface area (Å²) in [6, 6.07) is 5.46. The van der Waals surface area contributed by atoms with E-state index in [2.05, 4.69) is 26.6 Å². The van der Waals surface area contributed by atoms with Crippen LogP contribution in [0.3, 0.4) is 0 Å². The van der Waals surface area contributed by atoms with Gasteiger partial charge in [-0.2, -0.15) is 0 Å². The highest BCUT2D eigenvalue weighted by molar-refractivity contribution is 9.10. The molecular formula is C12H17BrN2O2. The number of hydrogen-bond donors (Lipinski definition) is 2. The van der Waals surface area contributed by atoms with Crippen molar-refractivity contribution < 1.29 is 9.53 Å². The van der Waals surface area contributed by atoms with E-state index >= 15 is 0 Å².